The Balaban J connectivity index is 1.91. The van der Waals surface area contributed by atoms with Gasteiger partial charge in [0.15, 0.2) is 5.65 Å². The van der Waals surface area contributed by atoms with Crippen LogP contribution >= 0.6 is 0 Å². The zero-order chi connectivity index (χ0) is 20.1. The molecule has 0 aliphatic rings. The predicted octanol–water partition coefficient (Wildman–Crippen LogP) is 2.68. The van der Waals surface area contributed by atoms with Gasteiger partial charge in [-0.25, -0.2) is 18.2 Å². The van der Waals surface area contributed by atoms with Crippen LogP contribution in [-0.2, 0) is 10.0 Å². The van der Waals surface area contributed by atoms with Crippen molar-refractivity contribution in [1.29, 1.82) is 0 Å². The quantitative estimate of drug-likeness (QED) is 0.592. The lowest BCUT2D eigenvalue weighted by atomic mass is 10.1. The minimum absolute atomic E-state index is 0.269. The summed E-state index contributed by atoms with van der Waals surface area (Å²) >= 11 is 0. The van der Waals surface area contributed by atoms with Crippen LogP contribution in [0.5, 0.6) is 0 Å². The first kappa shape index (κ1) is 20.2. The molecule has 1 aromatic carbocycles. The van der Waals surface area contributed by atoms with Crippen LogP contribution in [0.1, 0.15) is 39.5 Å². The number of nitrogens with zero attached hydrogens (tertiary/aromatic N) is 4. The number of unbranched alkanes of at least 4 members (excludes halogenated alkanes) is 2. The van der Waals surface area contributed by atoms with Crippen molar-refractivity contribution in [2.24, 2.45) is 0 Å². The van der Waals surface area contributed by atoms with E-state index in [2.05, 4.69) is 28.9 Å². The third kappa shape index (κ3) is 4.00. The average molecular weight is 404 g/mol. The second-order valence-electron chi connectivity index (χ2n) is 6.64. The summed E-state index contributed by atoms with van der Waals surface area (Å²) < 4.78 is 28.9. The van der Waals surface area contributed by atoms with Crippen LogP contribution in [-0.4, -0.2) is 45.4 Å². The summed E-state index contributed by atoms with van der Waals surface area (Å²) in [6.45, 7) is 5.16. The van der Waals surface area contributed by atoms with E-state index in [4.69, 9.17) is 0 Å². The molecule has 9 heteroatoms. The van der Waals surface area contributed by atoms with Gasteiger partial charge in [0.2, 0.25) is 10.0 Å². The number of fused-ring (bicyclic) bond motifs is 1. The first-order chi connectivity index (χ1) is 13.5. The third-order valence-electron chi connectivity index (χ3n) is 4.64. The van der Waals surface area contributed by atoms with Crippen LogP contribution in [0.25, 0.3) is 16.8 Å². The Hall–Kier alpha value is -2.52. The van der Waals surface area contributed by atoms with Crippen molar-refractivity contribution < 1.29 is 8.42 Å². The topological polar surface area (TPSA) is 100 Å². The van der Waals surface area contributed by atoms with Gasteiger partial charge in [0.05, 0.1) is 17.4 Å². The Bertz CT molecular complexity index is 1080. The summed E-state index contributed by atoms with van der Waals surface area (Å²) in [6.07, 6.45) is 6.43. The Morgan fingerprint density at radius 1 is 1.07 bits per heavy atom. The van der Waals surface area contributed by atoms with E-state index in [-0.39, 0.29) is 10.6 Å². The summed E-state index contributed by atoms with van der Waals surface area (Å²) in [5.74, 6) is 0. The zero-order valence-corrected chi connectivity index (χ0v) is 16.9. The van der Waals surface area contributed by atoms with Gasteiger partial charge in [-0.15, -0.1) is 0 Å². The Labute approximate surface area is 164 Å². The Kier molecular flexibility index (Phi) is 6.25. The maximum absolute atomic E-state index is 13.1. The molecule has 0 saturated heterocycles. The summed E-state index contributed by atoms with van der Waals surface area (Å²) in [7, 11) is -3.54. The van der Waals surface area contributed by atoms with Crippen molar-refractivity contribution in [3.63, 3.8) is 0 Å². The number of hydrogen-bond donors (Lipinski definition) is 1. The fourth-order valence-corrected chi connectivity index (χ4v) is 4.52. The average Bonchev–Trinajstić information content (AvgIpc) is 3.13. The molecule has 150 valence electrons. The first-order valence-electron chi connectivity index (χ1n) is 9.51. The van der Waals surface area contributed by atoms with E-state index < -0.39 is 10.0 Å². The van der Waals surface area contributed by atoms with Gasteiger partial charge >= 0.3 is 5.69 Å². The Morgan fingerprint density at radius 2 is 1.71 bits per heavy atom. The maximum Gasteiger partial charge on any atom is 0.349 e. The second-order valence-corrected chi connectivity index (χ2v) is 8.57. The highest BCUT2D eigenvalue weighted by atomic mass is 32.2. The largest absolute Gasteiger partial charge is 0.349 e. The smallest absolute Gasteiger partial charge is 0.296 e. The molecule has 2 heterocycles. The van der Waals surface area contributed by atoms with Crippen LogP contribution in [0.3, 0.4) is 0 Å². The third-order valence-corrected chi connectivity index (χ3v) is 6.55. The van der Waals surface area contributed by atoms with E-state index in [1.807, 2.05) is 0 Å². The molecule has 3 rings (SSSR count). The van der Waals surface area contributed by atoms with Crippen LogP contribution in [0.15, 0.2) is 46.5 Å². The van der Waals surface area contributed by atoms with Gasteiger partial charge in [-0.1, -0.05) is 38.8 Å². The summed E-state index contributed by atoms with van der Waals surface area (Å²) in [6, 6.07) is 6.66. The van der Waals surface area contributed by atoms with Gasteiger partial charge < -0.3 is 0 Å². The molecule has 8 nitrogen and oxygen atoms in total. The number of aromatic nitrogens is 4. The van der Waals surface area contributed by atoms with Crippen LogP contribution in [0.4, 0.5) is 0 Å². The summed E-state index contributed by atoms with van der Waals surface area (Å²) in [4.78, 5) is 18.7. The highest BCUT2D eigenvalue weighted by Gasteiger charge is 2.23. The number of nitrogens with one attached hydrogen (secondary N) is 1. The van der Waals surface area contributed by atoms with Crippen LogP contribution in [0, 0.1) is 0 Å². The van der Waals surface area contributed by atoms with E-state index in [1.54, 1.807) is 34.8 Å². The number of H-pyrrole nitrogens is 1. The van der Waals surface area contributed by atoms with Crippen LogP contribution < -0.4 is 5.69 Å². The van der Waals surface area contributed by atoms with Gasteiger partial charge in [-0.05, 0) is 30.5 Å². The normalized spacial score (nSPS) is 12.1. The molecule has 0 atom stereocenters. The van der Waals surface area contributed by atoms with Gasteiger partial charge in [0.1, 0.15) is 0 Å². The number of hydrogen-bond acceptors (Lipinski definition) is 5. The molecule has 0 unspecified atom stereocenters. The van der Waals surface area contributed by atoms with E-state index in [9.17, 15) is 13.2 Å². The van der Waals surface area contributed by atoms with Crippen molar-refractivity contribution in [1.82, 2.24) is 23.9 Å². The molecular formula is C19H25N5O3S. The molecule has 0 radical (unpaired) electrons. The van der Waals surface area contributed by atoms with E-state index in [0.717, 1.165) is 31.2 Å². The molecule has 1 N–H and O–H groups in total. The second kappa shape index (κ2) is 8.66. The molecule has 0 fully saturated rings. The van der Waals surface area contributed by atoms with E-state index >= 15 is 0 Å². The summed E-state index contributed by atoms with van der Waals surface area (Å²) in [5, 5.41) is 4.05. The Morgan fingerprint density at radius 3 is 2.32 bits per heavy atom. The SMILES string of the molecule is CCCCN(CCCC)S(=O)(=O)c1ccc(-c2cnn3c(=O)[nH]cnc23)cc1. The minimum atomic E-state index is -3.54. The molecular weight excluding hydrogens is 378 g/mol. The minimum Gasteiger partial charge on any atom is -0.296 e. The molecule has 0 amide bonds. The standard InChI is InChI=1S/C19H25N5O3S/c1-3-5-11-23(12-6-4-2)28(26,27)16-9-7-15(8-10-16)17-13-22-24-18(17)20-14-21-19(24)25/h7-10,13-14H,3-6,11-12H2,1-2H3,(H,20,21,25). The van der Waals surface area contributed by atoms with E-state index in [0.29, 0.717) is 24.3 Å². The lowest BCUT2D eigenvalue weighted by Gasteiger charge is -2.22. The highest BCUT2D eigenvalue weighted by Crippen LogP contribution is 2.25. The van der Waals surface area contributed by atoms with Gasteiger partial charge in [0, 0.05) is 18.7 Å². The molecule has 0 bridgehead atoms. The fraction of sp³-hybridized carbons (Fsp3) is 0.421. The predicted molar refractivity (Wildman–Crippen MR) is 108 cm³/mol. The molecule has 0 aliphatic carbocycles. The molecule has 0 spiro atoms. The number of benzene rings is 1. The molecule has 0 aliphatic heterocycles. The number of rotatable bonds is 9. The fourth-order valence-electron chi connectivity index (χ4n) is 3.00. The maximum atomic E-state index is 13.1. The lowest BCUT2D eigenvalue weighted by Crippen LogP contribution is -2.33. The van der Waals surface area contributed by atoms with Crippen LogP contribution in [0.2, 0.25) is 0 Å². The molecule has 3 aromatic rings. The monoisotopic (exact) mass is 403 g/mol. The highest BCUT2D eigenvalue weighted by molar-refractivity contribution is 7.89. The number of aromatic amines is 1. The van der Waals surface area contributed by atoms with Gasteiger partial charge in [0.25, 0.3) is 0 Å². The molecule has 0 saturated carbocycles. The summed E-state index contributed by atoms with van der Waals surface area (Å²) in [5.41, 5.74) is 1.47. The van der Waals surface area contributed by atoms with Crippen molar-refractivity contribution in [2.45, 2.75) is 44.4 Å². The zero-order valence-electron chi connectivity index (χ0n) is 16.1. The van der Waals surface area contributed by atoms with Crippen molar-refractivity contribution in [2.75, 3.05) is 13.1 Å². The lowest BCUT2D eigenvalue weighted by molar-refractivity contribution is 0.395. The molecule has 2 aromatic heterocycles. The van der Waals surface area contributed by atoms with Gasteiger partial charge in [-0.2, -0.15) is 13.9 Å². The number of sulfonamides is 1. The first-order valence-corrected chi connectivity index (χ1v) is 10.9. The van der Waals surface area contributed by atoms with Crippen molar-refractivity contribution in [3.05, 3.63) is 47.3 Å². The van der Waals surface area contributed by atoms with Gasteiger partial charge in [-0.3, -0.25) is 4.98 Å². The van der Waals surface area contributed by atoms with Crippen molar-refractivity contribution >= 4 is 15.7 Å². The molecule has 28 heavy (non-hydrogen) atoms. The van der Waals surface area contributed by atoms with Crippen molar-refractivity contribution in [3.8, 4) is 11.1 Å². The van der Waals surface area contributed by atoms with E-state index in [1.165, 1.54) is 10.8 Å².